The van der Waals surface area contributed by atoms with Gasteiger partial charge in [0.25, 0.3) is 10.0 Å². The third kappa shape index (κ3) is 2.40. The maximum atomic E-state index is 12.4. The summed E-state index contributed by atoms with van der Waals surface area (Å²) >= 11 is 4.24. The van der Waals surface area contributed by atoms with Gasteiger partial charge >= 0.3 is 0 Å². The molecule has 0 saturated carbocycles. The SMILES string of the molecule is CCC(CS)CN1C=Nc2ccccc2S1(=O)=O. The molecule has 1 aliphatic rings. The number of thiol groups is 1. The quantitative estimate of drug-likeness (QED) is 0.863. The van der Waals surface area contributed by atoms with Crippen LogP contribution in [0.3, 0.4) is 0 Å². The Bertz CT molecular complexity index is 551. The summed E-state index contributed by atoms with van der Waals surface area (Å²) in [5.41, 5.74) is 0.507. The van der Waals surface area contributed by atoms with Crippen molar-refractivity contribution in [3.63, 3.8) is 0 Å². The van der Waals surface area contributed by atoms with Crippen LogP contribution in [-0.4, -0.2) is 31.4 Å². The first-order chi connectivity index (χ1) is 8.59. The number of rotatable bonds is 4. The van der Waals surface area contributed by atoms with E-state index in [0.29, 0.717) is 18.0 Å². The molecule has 0 N–H and O–H groups in total. The molecule has 6 heteroatoms. The lowest BCUT2D eigenvalue weighted by Gasteiger charge is -2.26. The molecule has 0 bridgehead atoms. The van der Waals surface area contributed by atoms with Gasteiger partial charge in [0.15, 0.2) is 0 Å². The Hall–Kier alpha value is -1.01. The van der Waals surface area contributed by atoms with E-state index in [4.69, 9.17) is 0 Å². The lowest BCUT2D eigenvalue weighted by atomic mass is 10.1. The van der Waals surface area contributed by atoms with Crippen molar-refractivity contribution in [3.8, 4) is 0 Å². The highest BCUT2D eigenvalue weighted by Crippen LogP contribution is 2.30. The molecule has 0 fully saturated rings. The highest BCUT2D eigenvalue weighted by Gasteiger charge is 2.29. The Kier molecular flexibility index (Phi) is 3.97. The van der Waals surface area contributed by atoms with Crippen molar-refractivity contribution in [1.29, 1.82) is 0 Å². The Balaban J connectivity index is 2.33. The Morgan fingerprint density at radius 2 is 2.11 bits per heavy atom. The number of hydrogen-bond acceptors (Lipinski definition) is 4. The minimum Gasteiger partial charge on any atom is -0.256 e. The molecule has 1 unspecified atom stereocenters. The molecule has 2 rings (SSSR count). The highest BCUT2D eigenvalue weighted by atomic mass is 32.2. The summed E-state index contributed by atoms with van der Waals surface area (Å²) in [6, 6.07) is 6.79. The van der Waals surface area contributed by atoms with Gasteiger partial charge in [0.2, 0.25) is 0 Å². The topological polar surface area (TPSA) is 49.7 Å². The molecule has 18 heavy (non-hydrogen) atoms. The molecule has 0 spiro atoms. The molecular formula is C12H16N2O2S2. The maximum Gasteiger partial charge on any atom is 0.267 e. The molecule has 1 atom stereocenters. The van der Waals surface area contributed by atoms with E-state index in [-0.39, 0.29) is 10.8 Å². The predicted molar refractivity (Wildman–Crippen MR) is 76.1 cm³/mol. The molecule has 0 aliphatic carbocycles. The third-order valence-electron chi connectivity index (χ3n) is 3.05. The molecule has 1 aromatic rings. The van der Waals surface area contributed by atoms with E-state index in [1.165, 1.54) is 10.6 Å². The smallest absolute Gasteiger partial charge is 0.256 e. The van der Waals surface area contributed by atoms with Crippen molar-refractivity contribution >= 4 is 34.7 Å². The number of aliphatic imine (C=N–C) groups is 1. The van der Waals surface area contributed by atoms with Crippen LogP contribution in [0.5, 0.6) is 0 Å². The van der Waals surface area contributed by atoms with E-state index in [1.54, 1.807) is 24.3 Å². The lowest BCUT2D eigenvalue weighted by molar-refractivity contribution is 0.448. The molecule has 0 amide bonds. The molecule has 0 aromatic heterocycles. The molecule has 98 valence electrons. The van der Waals surface area contributed by atoms with Crippen LogP contribution in [0, 0.1) is 5.92 Å². The van der Waals surface area contributed by atoms with Gasteiger partial charge in [0.05, 0.1) is 5.69 Å². The monoisotopic (exact) mass is 284 g/mol. The number of benzene rings is 1. The fourth-order valence-electron chi connectivity index (χ4n) is 1.81. The van der Waals surface area contributed by atoms with Crippen LogP contribution in [0.1, 0.15) is 13.3 Å². The zero-order valence-electron chi connectivity index (χ0n) is 10.2. The van der Waals surface area contributed by atoms with Crippen LogP contribution < -0.4 is 0 Å². The molecule has 1 heterocycles. The second-order valence-electron chi connectivity index (χ2n) is 4.24. The second-order valence-corrected chi connectivity index (χ2v) is 6.47. The molecule has 0 radical (unpaired) electrons. The van der Waals surface area contributed by atoms with Crippen molar-refractivity contribution in [1.82, 2.24) is 4.31 Å². The summed E-state index contributed by atoms with van der Waals surface area (Å²) in [5, 5.41) is 0. The van der Waals surface area contributed by atoms with E-state index in [2.05, 4.69) is 17.6 Å². The first kappa shape index (κ1) is 13.4. The van der Waals surface area contributed by atoms with Gasteiger partial charge in [0, 0.05) is 6.54 Å². The summed E-state index contributed by atoms with van der Waals surface area (Å²) < 4.78 is 26.1. The zero-order valence-corrected chi connectivity index (χ0v) is 11.9. The van der Waals surface area contributed by atoms with Crippen molar-refractivity contribution in [3.05, 3.63) is 24.3 Å². The summed E-state index contributed by atoms with van der Waals surface area (Å²) in [7, 11) is -3.45. The summed E-state index contributed by atoms with van der Waals surface area (Å²) in [5.74, 6) is 0.901. The number of nitrogens with zero attached hydrogens (tertiary/aromatic N) is 2. The number of para-hydroxylation sites is 1. The first-order valence-electron chi connectivity index (χ1n) is 5.85. The van der Waals surface area contributed by atoms with Crippen LogP contribution in [0.4, 0.5) is 5.69 Å². The van der Waals surface area contributed by atoms with Gasteiger partial charge in [-0.05, 0) is 23.8 Å². The van der Waals surface area contributed by atoms with Crippen molar-refractivity contribution in [2.75, 3.05) is 12.3 Å². The molecule has 0 saturated heterocycles. The predicted octanol–water partition coefficient (Wildman–Crippen LogP) is 2.31. The average Bonchev–Trinajstić information content (AvgIpc) is 2.38. The fourth-order valence-corrected chi connectivity index (χ4v) is 3.65. The van der Waals surface area contributed by atoms with Crippen LogP contribution in [0.2, 0.25) is 0 Å². The van der Waals surface area contributed by atoms with E-state index in [1.807, 2.05) is 6.92 Å². The minimum atomic E-state index is -3.45. The van der Waals surface area contributed by atoms with Crippen LogP contribution in [0.15, 0.2) is 34.2 Å². The minimum absolute atomic E-state index is 0.236. The summed E-state index contributed by atoms with van der Waals surface area (Å²) in [6.07, 6.45) is 2.30. The van der Waals surface area contributed by atoms with Crippen LogP contribution in [-0.2, 0) is 10.0 Å². The van der Waals surface area contributed by atoms with E-state index >= 15 is 0 Å². The van der Waals surface area contributed by atoms with Gasteiger partial charge in [-0.3, -0.25) is 4.31 Å². The van der Waals surface area contributed by atoms with E-state index in [9.17, 15) is 8.42 Å². The van der Waals surface area contributed by atoms with Gasteiger partial charge in [-0.1, -0.05) is 25.5 Å². The third-order valence-corrected chi connectivity index (χ3v) is 5.33. The van der Waals surface area contributed by atoms with Gasteiger partial charge < -0.3 is 0 Å². The number of sulfonamides is 1. The Labute approximate surface area is 113 Å². The molecule has 4 nitrogen and oxygen atoms in total. The molecule has 1 aliphatic heterocycles. The average molecular weight is 284 g/mol. The first-order valence-corrected chi connectivity index (χ1v) is 7.92. The van der Waals surface area contributed by atoms with Crippen molar-refractivity contribution < 1.29 is 8.42 Å². The van der Waals surface area contributed by atoms with Gasteiger partial charge in [-0.15, -0.1) is 0 Å². The highest BCUT2D eigenvalue weighted by molar-refractivity contribution is 7.89. The number of fused-ring (bicyclic) bond motifs is 1. The van der Waals surface area contributed by atoms with Crippen molar-refractivity contribution in [2.24, 2.45) is 10.9 Å². The zero-order chi connectivity index (χ0) is 13.2. The van der Waals surface area contributed by atoms with E-state index < -0.39 is 10.0 Å². The normalized spacial score (nSPS) is 18.4. The standard InChI is InChI=1S/C12H16N2O2S2/c1-2-10(8-17)7-14-9-13-11-5-3-4-6-12(11)18(14,15)16/h3-6,9-10,17H,2,7-8H2,1H3. The van der Waals surface area contributed by atoms with Gasteiger partial charge in [-0.25, -0.2) is 13.4 Å². The molecule has 1 aromatic carbocycles. The maximum absolute atomic E-state index is 12.4. The molecular weight excluding hydrogens is 268 g/mol. The lowest BCUT2D eigenvalue weighted by Crippen LogP contribution is -2.36. The van der Waals surface area contributed by atoms with E-state index in [0.717, 1.165) is 6.42 Å². The summed E-state index contributed by atoms with van der Waals surface area (Å²) in [6.45, 7) is 2.46. The largest absolute Gasteiger partial charge is 0.267 e. The van der Waals surface area contributed by atoms with Crippen molar-refractivity contribution in [2.45, 2.75) is 18.2 Å². The Morgan fingerprint density at radius 3 is 2.78 bits per heavy atom. The fraction of sp³-hybridized carbons (Fsp3) is 0.417. The number of hydrogen-bond donors (Lipinski definition) is 1. The second kappa shape index (κ2) is 5.32. The van der Waals surface area contributed by atoms with Crippen LogP contribution >= 0.6 is 12.6 Å². The Morgan fingerprint density at radius 1 is 1.39 bits per heavy atom. The van der Waals surface area contributed by atoms with Crippen LogP contribution in [0.25, 0.3) is 0 Å². The summed E-state index contributed by atoms with van der Waals surface area (Å²) in [4.78, 5) is 4.47. The van der Waals surface area contributed by atoms with Gasteiger partial charge in [-0.2, -0.15) is 12.6 Å². The van der Waals surface area contributed by atoms with Gasteiger partial charge in [0.1, 0.15) is 11.2 Å².